The van der Waals surface area contributed by atoms with Crippen LogP contribution in [0.1, 0.15) is 25.7 Å². The van der Waals surface area contributed by atoms with Gasteiger partial charge in [0, 0.05) is 18.3 Å². The molecule has 0 radical (unpaired) electrons. The number of benzene rings is 1. The SMILES string of the molecule is COc1ccc(NC2CCOC3(CCSCC3)C2)cc1. The lowest BCUT2D eigenvalue weighted by Gasteiger charge is -2.43. The van der Waals surface area contributed by atoms with Crippen molar-refractivity contribution in [3.63, 3.8) is 0 Å². The van der Waals surface area contributed by atoms with E-state index in [9.17, 15) is 0 Å². The Morgan fingerprint density at radius 3 is 2.70 bits per heavy atom. The maximum Gasteiger partial charge on any atom is 0.119 e. The van der Waals surface area contributed by atoms with Gasteiger partial charge < -0.3 is 14.8 Å². The molecule has 1 aromatic carbocycles. The molecule has 3 rings (SSSR count). The van der Waals surface area contributed by atoms with Crippen molar-refractivity contribution in [2.24, 2.45) is 0 Å². The Morgan fingerprint density at radius 1 is 1.25 bits per heavy atom. The van der Waals surface area contributed by atoms with Gasteiger partial charge in [0.05, 0.1) is 12.7 Å². The van der Waals surface area contributed by atoms with Crippen LogP contribution in [-0.4, -0.2) is 36.9 Å². The Hall–Kier alpha value is -0.870. The number of methoxy groups -OCH3 is 1. The smallest absolute Gasteiger partial charge is 0.119 e. The summed E-state index contributed by atoms with van der Waals surface area (Å²) in [6.07, 6.45) is 4.65. The number of nitrogens with one attached hydrogen (secondary N) is 1. The summed E-state index contributed by atoms with van der Waals surface area (Å²) in [5.41, 5.74) is 1.33. The third-order valence-corrected chi connectivity index (χ3v) is 5.34. The van der Waals surface area contributed by atoms with Crippen LogP contribution in [-0.2, 0) is 4.74 Å². The first kappa shape index (κ1) is 14.1. The van der Waals surface area contributed by atoms with Gasteiger partial charge in [0.1, 0.15) is 5.75 Å². The number of hydrogen-bond donors (Lipinski definition) is 1. The van der Waals surface area contributed by atoms with E-state index in [-0.39, 0.29) is 5.60 Å². The van der Waals surface area contributed by atoms with Crippen LogP contribution < -0.4 is 10.1 Å². The average molecular weight is 293 g/mol. The lowest BCUT2D eigenvalue weighted by Crippen LogP contribution is -2.46. The molecule has 1 spiro atoms. The molecule has 110 valence electrons. The summed E-state index contributed by atoms with van der Waals surface area (Å²) in [5, 5.41) is 3.66. The molecular formula is C16H23NO2S. The van der Waals surface area contributed by atoms with E-state index in [4.69, 9.17) is 9.47 Å². The predicted octanol–water partition coefficient (Wildman–Crippen LogP) is 3.55. The van der Waals surface area contributed by atoms with Crippen LogP contribution in [0.25, 0.3) is 0 Å². The highest BCUT2D eigenvalue weighted by atomic mass is 32.2. The van der Waals surface area contributed by atoms with Crippen LogP contribution in [0, 0.1) is 0 Å². The molecule has 2 fully saturated rings. The highest BCUT2D eigenvalue weighted by Gasteiger charge is 2.38. The van der Waals surface area contributed by atoms with Crippen molar-refractivity contribution in [2.75, 3.05) is 30.5 Å². The fraction of sp³-hybridized carbons (Fsp3) is 0.625. The lowest BCUT2D eigenvalue weighted by atomic mass is 9.85. The lowest BCUT2D eigenvalue weighted by molar-refractivity contribution is -0.0865. The molecule has 20 heavy (non-hydrogen) atoms. The maximum absolute atomic E-state index is 6.14. The summed E-state index contributed by atoms with van der Waals surface area (Å²) in [4.78, 5) is 0. The molecule has 3 nitrogen and oxygen atoms in total. The zero-order valence-electron chi connectivity index (χ0n) is 12.1. The highest BCUT2D eigenvalue weighted by molar-refractivity contribution is 7.99. The van der Waals surface area contributed by atoms with Crippen LogP contribution in [0.5, 0.6) is 5.75 Å². The van der Waals surface area contributed by atoms with Crippen LogP contribution in [0.4, 0.5) is 5.69 Å². The van der Waals surface area contributed by atoms with Crippen molar-refractivity contribution in [1.29, 1.82) is 0 Å². The molecule has 0 aromatic heterocycles. The Morgan fingerprint density at radius 2 is 2.00 bits per heavy atom. The molecule has 2 aliphatic rings. The third-order valence-electron chi connectivity index (χ3n) is 4.36. The minimum atomic E-state index is 0.146. The van der Waals surface area contributed by atoms with Crippen molar-refractivity contribution in [2.45, 2.75) is 37.3 Å². The number of anilines is 1. The predicted molar refractivity (Wildman–Crippen MR) is 84.9 cm³/mol. The van der Waals surface area contributed by atoms with Crippen LogP contribution in [0.15, 0.2) is 24.3 Å². The Kier molecular flexibility index (Phi) is 4.41. The monoisotopic (exact) mass is 293 g/mol. The van der Waals surface area contributed by atoms with E-state index in [0.29, 0.717) is 6.04 Å². The van der Waals surface area contributed by atoms with Crippen LogP contribution in [0.2, 0.25) is 0 Å². The first-order valence-electron chi connectivity index (χ1n) is 7.42. The quantitative estimate of drug-likeness (QED) is 0.923. The van der Waals surface area contributed by atoms with Gasteiger partial charge >= 0.3 is 0 Å². The Balaban J connectivity index is 1.61. The average Bonchev–Trinajstić information content (AvgIpc) is 2.49. The largest absolute Gasteiger partial charge is 0.497 e. The minimum absolute atomic E-state index is 0.146. The van der Waals surface area contributed by atoms with Crippen LogP contribution in [0.3, 0.4) is 0 Å². The molecule has 1 atom stereocenters. The fourth-order valence-corrected chi connectivity index (χ4v) is 4.40. The van der Waals surface area contributed by atoms with E-state index in [1.165, 1.54) is 30.0 Å². The minimum Gasteiger partial charge on any atom is -0.497 e. The second kappa shape index (κ2) is 6.27. The molecule has 0 bridgehead atoms. The molecule has 1 unspecified atom stereocenters. The zero-order chi connectivity index (χ0) is 13.8. The first-order valence-corrected chi connectivity index (χ1v) is 8.57. The van der Waals surface area contributed by atoms with Gasteiger partial charge in [0.2, 0.25) is 0 Å². The molecule has 1 aromatic rings. The van der Waals surface area contributed by atoms with Gasteiger partial charge in [-0.3, -0.25) is 0 Å². The van der Waals surface area contributed by atoms with Gasteiger partial charge in [-0.1, -0.05) is 0 Å². The van der Waals surface area contributed by atoms with E-state index >= 15 is 0 Å². The summed E-state index contributed by atoms with van der Waals surface area (Å²) < 4.78 is 11.3. The van der Waals surface area contributed by atoms with E-state index in [0.717, 1.165) is 25.2 Å². The second-order valence-electron chi connectivity index (χ2n) is 5.71. The summed E-state index contributed by atoms with van der Waals surface area (Å²) in [5.74, 6) is 3.40. The fourth-order valence-electron chi connectivity index (χ4n) is 3.17. The van der Waals surface area contributed by atoms with Gasteiger partial charge in [-0.25, -0.2) is 0 Å². The number of rotatable bonds is 3. The van der Waals surface area contributed by atoms with Gasteiger partial charge in [-0.05, 0) is 61.5 Å². The van der Waals surface area contributed by atoms with Gasteiger partial charge in [0.15, 0.2) is 0 Å². The summed E-state index contributed by atoms with van der Waals surface area (Å²) in [7, 11) is 1.70. The van der Waals surface area contributed by atoms with E-state index in [1.807, 2.05) is 12.1 Å². The second-order valence-corrected chi connectivity index (χ2v) is 6.93. The van der Waals surface area contributed by atoms with Crippen LogP contribution >= 0.6 is 11.8 Å². The summed E-state index contributed by atoms with van der Waals surface area (Å²) in [6.45, 7) is 0.887. The molecule has 0 aliphatic carbocycles. The first-order chi connectivity index (χ1) is 9.80. The molecule has 2 saturated heterocycles. The summed E-state index contributed by atoms with van der Waals surface area (Å²) in [6, 6.07) is 8.74. The highest BCUT2D eigenvalue weighted by Crippen LogP contribution is 2.38. The maximum atomic E-state index is 6.14. The van der Waals surface area contributed by atoms with Crippen molar-refractivity contribution in [3.05, 3.63) is 24.3 Å². The number of thioether (sulfide) groups is 1. The number of ether oxygens (including phenoxy) is 2. The van der Waals surface area contributed by atoms with Gasteiger partial charge in [-0.2, -0.15) is 11.8 Å². The molecule has 4 heteroatoms. The van der Waals surface area contributed by atoms with Crippen molar-refractivity contribution in [1.82, 2.24) is 0 Å². The standard InChI is InChI=1S/C16H23NO2S/c1-18-15-4-2-13(3-5-15)17-14-6-9-19-16(12-14)7-10-20-11-8-16/h2-5,14,17H,6-12H2,1H3. The molecule has 0 amide bonds. The molecule has 0 saturated carbocycles. The van der Waals surface area contributed by atoms with Crippen molar-refractivity contribution in [3.8, 4) is 5.75 Å². The Labute approximate surface area is 125 Å². The third kappa shape index (κ3) is 3.23. The van der Waals surface area contributed by atoms with Crippen molar-refractivity contribution >= 4 is 17.4 Å². The molecular weight excluding hydrogens is 270 g/mol. The molecule has 2 aliphatic heterocycles. The van der Waals surface area contributed by atoms with E-state index < -0.39 is 0 Å². The summed E-state index contributed by atoms with van der Waals surface area (Å²) >= 11 is 2.06. The van der Waals surface area contributed by atoms with E-state index in [2.05, 4.69) is 29.2 Å². The molecule has 2 heterocycles. The van der Waals surface area contributed by atoms with Gasteiger partial charge in [0.25, 0.3) is 0 Å². The Bertz CT molecular complexity index is 423. The molecule has 1 N–H and O–H groups in total. The zero-order valence-corrected chi connectivity index (χ0v) is 12.9. The van der Waals surface area contributed by atoms with E-state index in [1.54, 1.807) is 7.11 Å². The number of hydrogen-bond acceptors (Lipinski definition) is 4. The van der Waals surface area contributed by atoms with Gasteiger partial charge in [-0.15, -0.1) is 0 Å². The normalized spacial score (nSPS) is 25.4. The topological polar surface area (TPSA) is 30.5 Å². The van der Waals surface area contributed by atoms with Crippen molar-refractivity contribution < 1.29 is 9.47 Å².